The van der Waals surface area contributed by atoms with E-state index in [1.165, 1.54) is 0 Å². The zero-order chi connectivity index (χ0) is 13.9. The Balaban J connectivity index is 1.97. The Bertz CT molecular complexity index is 660. The molecule has 0 radical (unpaired) electrons. The molecule has 2 heterocycles. The average Bonchev–Trinajstić information content (AvgIpc) is 2.86. The van der Waals surface area contributed by atoms with E-state index >= 15 is 0 Å². The summed E-state index contributed by atoms with van der Waals surface area (Å²) in [6.45, 7) is 4.57. The van der Waals surface area contributed by atoms with Gasteiger partial charge in [0.25, 0.3) is 5.56 Å². The second-order valence-electron chi connectivity index (χ2n) is 5.41. The number of hydrogen-bond acceptors (Lipinski definition) is 3. The molecule has 0 aliphatic carbocycles. The Labute approximate surface area is 112 Å². The number of aryl methyl sites for hydroxylation is 1. The van der Waals surface area contributed by atoms with Gasteiger partial charge in [0.05, 0.1) is 17.7 Å². The second-order valence-corrected chi connectivity index (χ2v) is 5.41. The first-order chi connectivity index (χ1) is 9.03. The van der Waals surface area contributed by atoms with Gasteiger partial charge in [-0.05, 0) is 32.8 Å². The molecule has 5 heteroatoms. The molecule has 0 atom stereocenters. The summed E-state index contributed by atoms with van der Waals surface area (Å²) in [7, 11) is 0. The molecule has 0 saturated carbocycles. The van der Waals surface area contributed by atoms with Gasteiger partial charge in [0.1, 0.15) is 5.52 Å². The number of aromatic nitrogens is 3. The molecule has 0 aromatic carbocycles. The molecule has 19 heavy (non-hydrogen) atoms. The molecule has 0 unspecified atom stereocenters. The van der Waals surface area contributed by atoms with Crippen LogP contribution < -0.4 is 5.56 Å². The van der Waals surface area contributed by atoms with Crippen LogP contribution in [0.3, 0.4) is 0 Å². The summed E-state index contributed by atoms with van der Waals surface area (Å²) in [6, 6.07) is 4.01. The predicted molar refractivity (Wildman–Crippen MR) is 72.7 cm³/mol. The third-order valence-corrected chi connectivity index (χ3v) is 3.29. The van der Waals surface area contributed by atoms with Crippen LogP contribution in [0.1, 0.15) is 33.1 Å². The number of unbranched alkanes of at least 4 members (excludes halogenated alkanes) is 1. The lowest BCUT2D eigenvalue weighted by Gasteiger charge is -2.14. The Morgan fingerprint density at radius 2 is 2.16 bits per heavy atom. The normalized spacial score (nSPS) is 11.6. The largest absolute Gasteiger partial charge is 0.312 e. The van der Waals surface area contributed by atoms with Crippen LogP contribution in [0.4, 0.5) is 0 Å². The smallest absolute Gasteiger partial charge is 0.276 e. The van der Waals surface area contributed by atoms with Crippen LogP contribution >= 0.6 is 0 Å². The van der Waals surface area contributed by atoms with E-state index in [9.17, 15) is 4.79 Å². The summed E-state index contributed by atoms with van der Waals surface area (Å²) in [5.74, 6) is 0. The molecule has 0 N–H and O–H groups in total. The van der Waals surface area contributed by atoms with Crippen molar-refractivity contribution in [2.45, 2.75) is 39.7 Å². The van der Waals surface area contributed by atoms with Gasteiger partial charge < -0.3 is 4.57 Å². The zero-order valence-corrected chi connectivity index (χ0v) is 11.3. The summed E-state index contributed by atoms with van der Waals surface area (Å²) in [6.07, 6.45) is 7.87. The van der Waals surface area contributed by atoms with E-state index in [1.54, 1.807) is 33.7 Å². The Morgan fingerprint density at radius 3 is 2.89 bits per heavy atom. The fourth-order valence-corrected chi connectivity index (χ4v) is 2.04. The lowest BCUT2D eigenvalue weighted by Crippen LogP contribution is -2.21. The molecule has 0 saturated heterocycles. The summed E-state index contributed by atoms with van der Waals surface area (Å²) in [5, 5.41) is 13.0. The topological polar surface area (TPSA) is 63.1 Å². The Hall–Kier alpha value is -2.09. The Morgan fingerprint density at radius 1 is 1.37 bits per heavy atom. The fraction of sp³-hybridized carbons (Fsp3) is 0.500. The summed E-state index contributed by atoms with van der Waals surface area (Å²) < 4.78 is 3.29. The maximum absolute atomic E-state index is 12.1. The maximum Gasteiger partial charge on any atom is 0.276 e. The van der Waals surface area contributed by atoms with Crippen molar-refractivity contribution in [2.24, 2.45) is 5.41 Å². The van der Waals surface area contributed by atoms with Gasteiger partial charge in [-0.15, -0.1) is 0 Å². The third kappa shape index (κ3) is 3.02. The van der Waals surface area contributed by atoms with Crippen LogP contribution in [-0.4, -0.2) is 14.2 Å². The summed E-state index contributed by atoms with van der Waals surface area (Å²) in [5.41, 5.74) is 0.305. The van der Waals surface area contributed by atoms with Gasteiger partial charge in [-0.3, -0.25) is 4.79 Å². The van der Waals surface area contributed by atoms with Crippen LogP contribution in [0.25, 0.3) is 5.52 Å². The lowest BCUT2D eigenvalue weighted by atomic mass is 9.89. The molecule has 5 nitrogen and oxygen atoms in total. The van der Waals surface area contributed by atoms with Crippen LogP contribution in [0.5, 0.6) is 0 Å². The van der Waals surface area contributed by atoms with E-state index < -0.39 is 0 Å². The maximum atomic E-state index is 12.1. The molecule has 0 bridgehead atoms. The first-order valence-corrected chi connectivity index (χ1v) is 6.47. The number of fused-ring (bicyclic) bond motifs is 1. The first-order valence-electron chi connectivity index (χ1n) is 6.47. The minimum Gasteiger partial charge on any atom is -0.312 e. The minimum absolute atomic E-state index is 0.0143. The number of nitriles is 1. The van der Waals surface area contributed by atoms with Crippen molar-refractivity contribution in [2.75, 3.05) is 0 Å². The Kier molecular flexibility index (Phi) is 3.70. The number of rotatable bonds is 5. The molecule has 2 aromatic rings. The van der Waals surface area contributed by atoms with Crippen molar-refractivity contribution in [1.29, 1.82) is 5.26 Å². The molecular weight excluding hydrogens is 240 g/mol. The predicted octanol–water partition coefficient (Wildman–Crippen LogP) is 2.22. The SMILES string of the molecule is CC(C)(C#N)CCCCn1ccn2nccc2c1=O. The molecule has 0 aliphatic rings. The molecular formula is C14H18N4O. The van der Waals surface area contributed by atoms with Gasteiger partial charge in [-0.25, -0.2) is 4.52 Å². The van der Waals surface area contributed by atoms with E-state index in [-0.39, 0.29) is 11.0 Å². The highest BCUT2D eigenvalue weighted by molar-refractivity contribution is 5.42. The van der Waals surface area contributed by atoms with Crippen molar-refractivity contribution in [3.05, 3.63) is 35.0 Å². The van der Waals surface area contributed by atoms with Crippen LogP contribution in [0.2, 0.25) is 0 Å². The molecule has 0 spiro atoms. The van der Waals surface area contributed by atoms with Crippen molar-refractivity contribution in [1.82, 2.24) is 14.2 Å². The monoisotopic (exact) mass is 258 g/mol. The highest BCUT2D eigenvalue weighted by Gasteiger charge is 2.15. The molecule has 2 aromatic heterocycles. The van der Waals surface area contributed by atoms with Gasteiger partial charge in [0.2, 0.25) is 0 Å². The van der Waals surface area contributed by atoms with Crippen molar-refractivity contribution >= 4 is 5.52 Å². The van der Waals surface area contributed by atoms with Gasteiger partial charge in [-0.2, -0.15) is 10.4 Å². The summed E-state index contributed by atoms with van der Waals surface area (Å²) >= 11 is 0. The molecule has 0 fully saturated rings. The second kappa shape index (κ2) is 5.27. The van der Waals surface area contributed by atoms with E-state index in [2.05, 4.69) is 11.2 Å². The van der Waals surface area contributed by atoms with Crippen LogP contribution in [-0.2, 0) is 6.54 Å². The van der Waals surface area contributed by atoms with Crippen molar-refractivity contribution < 1.29 is 0 Å². The number of nitrogens with zero attached hydrogens (tertiary/aromatic N) is 4. The quantitative estimate of drug-likeness (QED) is 0.772. The summed E-state index contributed by atoms with van der Waals surface area (Å²) in [4.78, 5) is 12.1. The molecule has 100 valence electrons. The van der Waals surface area contributed by atoms with Gasteiger partial charge in [-0.1, -0.05) is 6.42 Å². The number of hydrogen-bond donors (Lipinski definition) is 0. The first kappa shape index (κ1) is 13.3. The zero-order valence-electron chi connectivity index (χ0n) is 11.3. The van der Waals surface area contributed by atoms with Crippen molar-refractivity contribution in [3.8, 4) is 6.07 Å². The molecule has 2 rings (SSSR count). The van der Waals surface area contributed by atoms with Gasteiger partial charge in [0.15, 0.2) is 0 Å². The van der Waals surface area contributed by atoms with E-state index in [1.807, 2.05) is 13.8 Å². The van der Waals surface area contributed by atoms with Gasteiger partial charge >= 0.3 is 0 Å². The average molecular weight is 258 g/mol. The standard InChI is InChI=1S/C14H18N4O/c1-14(2,11-15)6-3-4-8-17-9-10-18-12(13(17)19)5-7-16-18/h5,7,9-10H,3-4,6,8H2,1-2H3. The fourth-order valence-electron chi connectivity index (χ4n) is 2.04. The van der Waals surface area contributed by atoms with E-state index in [0.717, 1.165) is 19.3 Å². The van der Waals surface area contributed by atoms with Crippen LogP contribution in [0.15, 0.2) is 29.5 Å². The third-order valence-electron chi connectivity index (χ3n) is 3.29. The van der Waals surface area contributed by atoms with E-state index in [0.29, 0.717) is 12.1 Å². The molecule has 0 aliphatic heterocycles. The van der Waals surface area contributed by atoms with Crippen LogP contribution in [0, 0.1) is 16.7 Å². The highest BCUT2D eigenvalue weighted by Crippen LogP contribution is 2.21. The van der Waals surface area contributed by atoms with E-state index in [4.69, 9.17) is 5.26 Å². The van der Waals surface area contributed by atoms with Crippen molar-refractivity contribution in [3.63, 3.8) is 0 Å². The highest BCUT2D eigenvalue weighted by atomic mass is 16.1. The van der Waals surface area contributed by atoms with Gasteiger partial charge in [0, 0.05) is 18.9 Å². The lowest BCUT2D eigenvalue weighted by molar-refractivity contribution is 0.415. The molecule has 0 amide bonds. The minimum atomic E-state index is -0.277.